The molecule has 13 atom stereocenters. The number of rotatable bonds is 7. The van der Waals surface area contributed by atoms with Crippen LogP contribution in [0.2, 0.25) is 0 Å². The van der Waals surface area contributed by atoms with Crippen molar-refractivity contribution in [2.24, 2.45) is 28.8 Å². The summed E-state index contributed by atoms with van der Waals surface area (Å²) in [7, 11) is 4.63. The monoisotopic (exact) mass is 967 g/mol. The molecule has 0 aromatic rings. The Morgan fingerprint density at radius 2 is 1.67 bits per heavy atom. The number of ether oxygens (including phenoxy) is 5. The molecular weight excluding hydrogens is 887 g/mol. The number of piperidine rings is 1. The normalized spacial score (nSPS) is 36.9. The Balaban J connectivity index is 1.44. The summed E-state index contributed by atoms with van der Waals surface area (Å²) in [5.41, 5.74) is 7.77. The van der Waals surface area contributed by atoms with Crippen molar-refractivity contribution in [3.8, 4) is 0 Å². The van der Waals surface area contributed by atoms with Crippen molar-refractivity contribution in [3.63, 3.8) is 0 Å². The predicted molar refractivity (Wildman–Crippen MR) is 260 cm³/mol. The highest BCUT2D eigenvalue weighted by molar-refractivity contribution is 6.39. The molecule has 17 nitrogen and oxygen atoms in total. The lowest BCUT2D eigenvalue weighted by molar-refractivity contribution is -0.242. The van der Waals surface area contributed by atoms with Gasteiger partial charge in [0.1, 0.15) is 30.1 Å². The van der Waals surface area contributed by atoms with Crippen molar-refractivity contribution in [1.82, 2.24) is 15.6 Å². The lowest BCUT2D eigenvalue weighted by Gasteiger charge is -2.50. The first-order valence-electron chi connectivity index (χ1n) is 25.1. The summed E-state index contributed by atoms with van der Waals surface area (Å²) in [5.74, 6) is -7.54. The van der Waals surface area contributed by atoms with E-state index in [2.05, 4.69) is 23.0 Å². The maximum atomic E-state index is 14.4. The lowest BCUT2D eigenvalue weighted by atomic mass is 9.73. The number of esters is 1. The number of fused-ring (bicyclic) bond motifs is 3. The molecule has 0 spiro atoms. The Morgan fingerprint density at radius 3 is 2.36 bits per heavy atom. The molecule has 17 heteroatoms. The molecule has 4 heterocycles. The number of hydrogen-bond acceptors (Lipinski definition) is 15. The molecule has 69 heavy (non-hydrogen) atoms. The van der Waals surface area contributed by atoms with Crippen molar-refractivity contribution in [2.45, 2.75) is 192 Å². The standard InChI is InChI=1S/C52H81N5O12/c1-33-18-13-11-10-12-14-19-34(2)45(59)47(67-9)46(60)36(4)28-35(3)42(58)30-39(24-23-38-25-26-51(6,44(29-38)66-8)57-54-32-53-55-57)68-50(63)41-22-15-16-27-56(41)49(62)48(61)52(64)37(5)20-17-21-40(69-52)31-43(33)65-7/h10-13,18,28,32,34-35,37-41,43-44,46-47,60,64H,14-17,19-27,29-31H2,1-9H3,(H2,53,54,55,61,62)/p-1/t34-,35+,37?,38?,39+,40-,41-,43-,44?,46+,47?,51?,52?/m0/s1. The van der Waals surface area contributed by atoms with Gasteiger partial charge in [-0.3, -0.25) is 19.2 Å². The number of aliphatic hydroxyl groups is 2. The summed E-state index contributed by atoms with van der Waals surface area (Å²) in [6.45, 7) is 10.9. The van der Waals surface area contributed by atoms with Crippen molar-refractivity contribution >= 4 is 35.6 Å². The number of nitrogens with zero attached hydrogens (tertiary/aromatic N) is 4. The van der Waals surface area contributed by atoms with Gasteiger partial charge in [-0.1, -0.05) is 70.0 Å². The molecule has 5 aliphatic rings. The number of ketones is 3. The number of aliphatic hydroxyl groups excluding tert-OH is 1. The van der Waals surface area contributed by atoms with E-state index in [1.54, 1.807) is 46.2 Å². The summed E-state index contributed by atoms with van der Waals surface area (Å²) in [4.78, 5) is 72.2. The van der Waals surface area contributed by atoms with Crippen LogP contribution in [0.5, 0.6) is 0 Å². The SMILES string of the molecule is COC1C(=O)[C@@H](C)CCC=CC=CC=C(C)[C@@H](OC)C[C@@H]2CCCC(C)C(O)(O2)C(=O)C(=O)N2CCCC[C@H]2C(=O)O[C@H](CCC2CCC(C)(N3N=C[N-]N3)C(OC)C2)CC(=O)[C@H](C)C=C(C)[C@H]1O. The highest BCUT2D eigenvalue weighted by atomic mass is 16.6. The van der Waals surface area contributed by atoms with E-state index >= 15 is 0 Å². The zero-order valence-corrected chi connectivity index (χ0v) is 42.5. The van der Waals surface area contributed by atoms with E-state index in [1.807, 2.05) is 44.2 Å². The zero-order chi connectivity index (χ0) is 50.5. The smallest absolute Gasteiger partial charge is 0.329 e. The van der Waals surface area contributed by atoms with Gasteiger partial charge < -0.3 is 54.4 Å². The van der Waals surface area contributed by atoms with Gasteiger partial charge in [-0.2, -0.15) is 0 Å². The van der Waals surface area contributed by atoms with E-state index < -0.39 is 83.3 Å². The van der Waals surface area contributed by atoms with Gasteiger partial charge >= 0.3 is 5.97 Å². The van der Waals surface area contributed by atoms with Crippen molar-refractivity contribution < 1.29 is 57.9 Å². The second-order valence-corrected chi connectivity index (χ2v) is 20.3. The van der Waals surface area contributed by atoms with E-state index in [9.17, 15) is 34.2 Å². The number of methoxy groups -OCH3 is 3. The average molecular weight is 967 g/mol. The molecule has 2 bridgehead atoms. The van der Waals surface area contributed by atoms with Crippen molar-refractivity contribution in [1.29, 1.82) is 0 Å². The van der Waals surface area contributed by atoms with Crippen LogP contribution in [-0.4, -0.2) is 138 Å². The second-order valence-electron chi connectivity index (χ2n) is 20.3. The number of Topliss-reactive ketones (excluding diaryl/α,β-unsaturated/α-hetero) is 3. The summed E-state index contributed by atoms with van der Waals surface area (Å²) >= 11 is 0. The highest BCUT2D eigenvalue weighted by Crippen LogP contribution is 2.41. The van der Waals surface area contributed by atoms with Crippen LogP contribution < -0.4 is 5.53 Å². The number of cyclic esters (lactones) is 1. The first-order valence-corrected chi connectivity index (χ1v) is 25.1. The molecule has 1 saturated carbocycles. The van der Waals surface area contributed by atoms with Gasteiger partial charge in [-0.05, 0) is 115 Å². The highest BCUT2D eigenvalue weighted by Gasteiger charge is 2.52. The molecule has 3 N–H and O–H groups in total. The van der Waals surface area contributed by atoms with Crippen LogP contribution in [-0.2, 0) is 47.7 Å². The summed E-state index contributed by atoms with van der Waals surface area (Å²) in [6.07, 6.45) is 15.4. The largest absolute Gasteiger partial charge is 0.460 e. The molecule has 0 radical (unpaired) electrons. The average Bonchev–Trinajstić information content (AvgIpc) is 3.85. The van der Waals surface area contributed by atoms with Gasteiger partial charge in [0.05, 0.1) is 23.9 Å². The fourth-order valence-electron chi connectivity index (χ4n) is 10.6. The van der Waals surface area contributed by atoms with Gasteiger partial charge in [0.2, 0.25) is 5.79 Å². The van der Waals surface area contributed by atoms with Crippen LogP contribution in [0.3, 0.4) is 0 Å². The van der Waals surface area contributed by atoms with Gasteiger partial charge in [0.15, 0.2) is 5.78 Å². The van der Waals surface area contributed by atoms with Gasteiger partial charge in [-0.25, -0.2) is 10.3 Å². The van der Waals surface area contributed by atoms with E-state index in [0.29, 0.717) is 76.2 Å². The minimum absolute atomic E-state index is 0.0932. The molecule has 0 aromatic heterocycles. The van der Waals surface area contributed by atoms with Crippen LogP contribution in [0.4, 0.5) is 0 Å². The van der Waals surface area contributed by atoms with Crippen molar-refractivity contribution in [2.75, 3.05) is 27.9 Å². The fourth-order valence-corrected chi connectivity index (χ4v) is 10.6. The second kappa shape index (κ2) is 25.8. The Hall–Kier alpha value is -4.10. The van der Waals surface area contributed by atoms with Gasteiger partial charge in [-0.15, -0.1) is 0 Å². The molecule has 0 aromatic carbocycles. The number of carbonyl (C=O) groups is 5. The Bertz CT molecular complexity index is 1940. The van der Waals surface area contributed by atoms with Crippen LogP contribution >= 0.6 is 0 Å². The van der Waals surface area contributed by atoms with Gasteiger partial charge in [0, 0.05) is 58.5 Å². The summed E-state index contributed by atoms with van der Waals surface area (Å²) < 4.78 is 30.0. The lowest BCUT2D eigenvalue weighted by Crippen LogP contribution is -2.59. The molecule has 386 valence electrons. The molecular formula is C52H80N5O12-. The molecule has 5 rings (SSSR count). The van der Waals surface area contributed by atoms with Crippen LogP contribution in [0.15, 0.2) is 52.7 Å². The van der Waals surface area contributed by atoms with Crippen LogP contribution in [0, 0.1) is 23.7 Å². The van der Waals surface area contributed by atoms with E-state index in [0.717, 1.165) is 18.4 Å². The first kappa shape index (κ1) is 55.8. The topological polar surface area (TPSA) is 217 Å². The van der Waals surface area contributed by atoms with Crippen molar-refractivity contribution in [3.05, 3.63) is 53.0 Å². The van der Waals surface area contributed by atoms with Crippen LogP contribution in [0.25, 0.3) is 5.43 Å². The number of hydrogen-bond donors (Lipinski definition) is 3. The van der Waals surface area contributed by atoms with E-state index in [4.69, 9.17) is 23.7 Å². The summed E-state index contributed by atoms with van der Waals surface area (Å²) in [6, 6.07) is -1.13. The molecule has 1 amide bonds. The zero-order valence-electron chi connectivity index (χ0n) is 42.5. The third-order valence-corrected chi connectivity index (χ3v) is 15.3. The third-order valence-electron chi connectivity index (χ3n) is 15.3. The number of nitrogens with one attached hydrogen (secondary N) is 1. The quantitative estimate of drug-likeness (QED) is 0.141. The Labute approximate surface area is 409 Å². The Kier molecular flexibility index (Phi) is 20.9. The first-order chi connectivity index (χ1) is 32.9. The number of hydrazine groups is 1. The maximum Gasteiger partial charge on any atom is 0.329 e. The maximum absolute atomic E-state index is 14.4. The molecule has 6 unspecified atom stereocenters. The third kappa shape index (κ3) is 14.1. The molecule has 1 aliphatic carbocycles. The van der Waals surface area contributed by atoms with E-state index in [1.165, 1.54) is 18.3 Å². The number of carbonyl (C=O) groups excluding carboxylic acids is 5. The number of amides is 1. The van der Waals surface area contributed by atoms with E-state index in [-0.39, 0.29) is 43.0 Å². The Morgan fingerprint density at radius 1 is 0.899 bits per heavy atom. The number of allylic oxidation sites excluding steroid dienone is 6. The molecule has 3 fully saturated rings. The fraction of sp³-hybridized carbons (Fsp3) is 0.731. The van der Waals surface area contributed by atoms with Crippen LogP contribution in [0.1, 0.15) is 138 Å². The minimum Gasteiger partial charge on any atom is -0.460 e. The predicted octanol–water partition coefficient (Wildman–Crippen LogP) is 6.53. The minimum atomic E-state index is -2.44. The summed E-state index contributed by atoms with van der Waals surface area (Å²) in [5, 5.41) is 29.6. The van der Waals surface area contributed by atoms with Gasteiger partial charge in [0.25, 0.3) is 11.7 Å². The molecule has 4 aliphatic heterocycles. The molecule has 2 saturated heterocycles. The number of hydrazone groups is 1.